The fourth-order valence-corrected chi connectivity index (χ4v) is 2.87. The Balaban J connectivity index is 1.83. The Morgan fingerprint density at radius 2 is 2.14 bits per heavy atom. The molecule has 122 valence electrons. The first-order chi connectivity index (χ1) is 10.6. The Labute approximate surface area is 140 Å². The van der Waals surface area contributed by atoms with Crippen LogP contribution in [0.5, 0.6) is 0 Å². The molecule has 0 aliphatic carbocycles. The molecule has 0 aromatic heterocycles. The number of nitrogens with zero attached hydrogens (tertiary/aromatic N) is 1. The molecule has 1 N–H and O–H groups in total. The number of ether oxygens (including phenoxy) is 2. The van der Waals surface area contributed by atoms with Gasteiger partial charge in [0, 0.05) is 16.6 Å². The van der Waals surface area contributed by atoms with E-state index in [1.54, 1.807) is 23.1 Å². The van der Waals surface area contributed by atoms with Crippen molar-refractivity contribution in [2.24, 2.45) is 0 Å². The molecule has 1 atom stereocenters. The number of carbonyl (C=O) groups is 1. The third-order valence-corrected chi connectivity index (χ3v) is 3.83. The van der Waals surface area contributed by atoms with E-state index >= 15 is 0 Å². The first-order valence-electron chi connectivity index (χ1n) is 7.21. The molecule has 0 spiro atoms. The second-order valence-electron chi connectivity index (χ2n) is 5.16. The van der Waals surface area contributed by atoms with Crippen molar-refractivity contribution in [3.63, 3.8) is 0 Å². The Morgan fingerprint density at radius 3 is 2.82 bits per heavy atom. The van der Waals surface area contributed by atoms with Crippen LogP contribution >= 0.6 is 23.2 Å². The maximum Gasteiger partial charge on any atom is 0.410 e. The van der Waals surface area contributed by atoms with Crippen LogP contribution in [0.3, 0.4) is 0 Å². The molecule has 5 nitrogen and oxygen atoms in total. The zero-order valence-corrected chi connectivity index (χ0v) is 14.0. The largest absolute Gasteiger partial charge is 0.445 e. The smallest absolute Gasteiger partial charge is 0.410 e. The van der Waals surface area contributed by atoms with E-state index in [4.69, 9.17) is 32.7 Å². The molecule has 1 amide bonds. The second kappa shape index (κ2) is 8.58. The number of nitrogens with one attached hydrogen (secondary N) is 1. The molecule has 1 fully saturated rings. The summed E-state index contributed by atoms with van der Waals surface area (Å²) in [5.74, 6) is 0. The SMILES string of the molecule is CNCC[C@H]1CN(C(=O)OCc2cc(Cl)cc(Cl)c2)CCO1. The Morgan fingerprint density at radius 1 is 1.41 bits per heavy atom. The number of hydrogen-bond donors (Lipinski definition) is 1. The van der Waals surface area contributed by atoms with Gasteiger partial charge in [-0.1, -0.05) is 23.2 Å². The molecule has 1 aliphatic heterocycles. The Kier molecular flexibility index (Phi) is 6.76. The average molecular weight is 347 g/mol. The summed E-state index contributed by atoms with van der Waals surface area (Å²) in [5, 5.41) is 4.13. The molecule has 1 aromatic carbocycles. The summed E-state index contributed by atoms with van der Waals surface area (Å²) in [4.78, 5) is 13.8. The van der Waals surface area contributed by atoms with E-state index in [0.29, 0.717) is 29.7 Å². The van der Waals surface area contributed by atoms with E-state index in [0.717, 1.165) is 18.5 Å². The summed E-state index contributed by atoms with van der Waals surface area (Å²) in [6, 6.07) is 5.11. The lowest BCUT2D eigenvalue weighted by molar-refractivity contribution is -0.0309. The normalized spacial score (nSPS) is 18.3. The van der Waals surface area contributed by atoms with Gasteiger partial charge >= 0.3 is 6.09 Å². The molecule has 1 saturated heterocycles. The van der Waals surface area contributed by atoms with Crippen LogP contribution in [0.15, 0.2) is 18.2 Å². The van der Waals surface area contributed by atoms with Gasteiger partial charge in [-0.05, 0) is 43.8 Å². The van der Waals surface area contributed by atoms with E-state index < -0.39 is 0 Å². The van der Waals surface area contributed by atoms with Crippen molar-refractivity contribution in [2.45, 2.75) is 19.1 Å². The number of amides is 1. The van der Waals surface area contributed by atoms with Gasteiger partial charge in [0.25, 0.3) is 0 Å². The van der Waals surface area contributed by atoms with E-state index in [1.807, 2.05) is 7.05 Å². The first-order valence-corrected chi connectivity index (χ1v) is 7.97. The van der Waals surface area contributed by atoms with Gasteiger partial charge in [-0.15, -0.1) is 0 Å². The van der Waals surface area contributed by atoms with Gasteiger partial charge in [0.1, 0.15) is 6.61 Å². The fourth-order valence-electron chi connectivity index (χ4n) is 2.30. The average Bonchev–Trinajstić information content (AvgIpc) is 2.50. The lowest BCUT2D eigenvalue weighted by Gasteiger charge is -2.32. The first kappa shape index (κ1) is 17.3. The molecule has 0 radical (unpaired) electrons. The summed E-state index contributed by atoms with van der Waals surface area (Å²) in [5.41, 5.74) is 0.769. The van der Waals surface area contributed by atoms with Crippen LogP contribution < -0.4 is 5.32 Å². The van der Waals surface area contributed by atoms with Crippen molar-refractivity contribution < 1.29 is 14.3 Å². The molecular formula is C15H20Cl2N2O3. The van der Waals surface area contributed by atoms with Gasteiger partial charge in [-0.3, -0.25) is 0 Å². The lowest BCUT2D eigenvalue weighted by Crippen LogP contribution is -2.46. The highest BCUT2D eigenvalue weighted by Crippen LogP contribution is 2.20. The zero-order chi connectivity index (χ0) is 15.9. The van der Waals surface area contributed by atoms with Crippen LogP contribution in [-0.2, 0) is 16.1 Å². The summed E-state index contributed by atoms with van der Waals surface area (Å²) >= 11 is 11.8. The molecule has 1 heterocycles. The van der Waals surface area contributed by atoms with E-state index in [2.05, 4.69) is 5.32 Å². The number of rotatable bonds is 5. The molecule has 2 rings (SSSR count). The molecule has 0 bridgehead atoms. The van der Waals surface area contributed by atoms with Crippen molar-refractivity contribution in [3.8, 4) is 0 Å². The van der Waals surface area contributed by atoms with Crippen LogP contribution in [0.2, 0.25) is 10.0 Å². The highest BCUT2D eigenvalue weighted by Gasteiger charge is 2.24. The van der Waals surface area contributed by atoms with Crippen LogP contribution in [-0.4, -0.2) is 50.4 Å². The van der Waals surface area contributed by atoms with Gasteiger partial charge in [-0.2, -0.15) is 0 Å². The van der Waals surface area contributed by atoms with Gasteiger partial charge in [0.05, 0.1) is 19.3 Å². The second-order valence-corrected chi connectivity index (χ2v) is 6.04. The standard InChI is InChI=1S/C15H20Cl2N2O3/c1-18-3-2-14-9-19(4-5-21-14)15(20)22-10-11-6-12(16)8-13(17)7-11/h6-8,14,18H,2-5,9-10H2,1H3/t14-/m0/s1. The van der Waals surface area contributed by atoms with E-state index in [1.165, 1.54) is 0 Å². The lowest BCUT2D eigenvalue weighted by atomic mass is 10.2. The molecule has 0 saturated carbocycles. The monoisotopic (exact) mass is 346 g/mol. The number of carbonyl (C=O) groups excluding carboxylic acids is 1. The Hall–Kier alpha value is -1.01. The molecule has 0 unspecified atom stereocenters. The number of halogens is 2. The van der Waals surface area contributed by atoms with Crippen LogP contribution in [0.4, 0.5) is 4.79 Å². The van der Waals surface area contributed by atoms with Crippen molar-refractivity contribution in [1.82, 2.24) is 10.2 Å². The Bertz CT molecular complexity index is 493. The number of hydrogen-bond acceptors (Lipinski definition) is 4. The number of benzene rings is 1. The summed E-state index contributed by atoms with van der Waals surface area (Å²) in [6.45, 7) is 2.64. The van der Waals surface area contributed by atoms with Crippen molar-refractivity contribution >= 4 is 29.3 Å². The maximum absolute atomic E-state index is 12.1. The molecule has 1 aliphatic rings. The quantitative estimate of drug-likeness (QED) is 0.890. The molecule has 7 heteroatoms. The van der Waals surface area contributed by atoms with E-state index in [-0.39, 0.29) is 18.8 Å². The molecular weight excluding hydrogens is 327 g/mol. The van der Waals surface area contributed by atoms with Crippen LogP contribution in [0, 0.1) is 0 Å². The minimum absolute atomic E-state index is 0.0503. The third kappa shape index (κ3) is 5.32. The van der Waals surface area contributed by atoms with Gasteiger partial charge < -0.3 is 19.7 Å². The minimum Gasteiger partial charge on any atom is -0.445 e. The van der Waals surface area contributed by atoms with Crippen LogP contribution in [0.25, 0.3) is 0 Å². The number of morpholine rings is 1. The third-order valence-electron chi connectivity index (χ3n) is 3.40. The predicted molar refractivity (Wildman–Crippen MR) is 86.5 cm³/mol. The fraction of sp³-hybridized carbons (Fsp3) is 0.533. The highest BCUT2D eigenvalue weighted by molar-refractivity contribution is 6.34. The predicted octanol–water partition coefficient (Wildman–Crippen LogP) is 2.94. The molecule has 1 aromatic rings. The van der Waals surface area contributed by atoms with Crippen molar-refractivity contribution in [3.05, 3.63) is 33.8 Å². The maximum atomic E-state index is 12.1. The van der Waals surface area contributed by atoms with E-state index in [9.17, 15) is 4.79 Å². The van der Waals surface area contributed by atoms with Crippen molar-refractivity contribution in [2.75, 3.05) is 33.3 Å². The summed E-state index contributed by atoms with van der Waals surface area (Å²) < 4.78 is 11.0. The molecule has 22 heavy (non-hydrogen) atoms. The van der Waals surface area contributed by atoms with Gasteiger partial charge in [0.2, 0.25) is 0 Å². The summed E-state index contributed by atoms with van der Waals surface area (Å²) in [6.07, 6.45) is 0.577. The van der Waals surface area contributed by atoms with Gasteiger partial charge in [0.15, 0.2) is 0 Å². The van der Waals surface area contributed by atoms with Crippen molar-refractivity contribution in [1.29, 1.82) is 0 Å². The minimum atomic E-state index is -0.339. The van der Waals surface area contributed by atoms with Gasteiger partial charge in [-0.25, -0.2) is 4.79 Å². The highest BCUT2D eigenvalue weighted by atomic mass is 35.5. The van der Waals surface area contributed by atoms with Crippen LogP contribution in [0.1, 0.15) is 12.0 Å². The summed E-state index contributed by atoms with van der Waals surface area (Å²) in [7, 11) is 1.89. The topological polar surface area (TPSA) is 50.8 Å². The zero-order valence-electron chi connectivity index (χ0n) is 12.5.